The number of nitrogens with two attached hydrogens (primary N) is 1. The Morgan fingerprint density at radius 3 is 2.81 bits per heavy atom. The number of benzene rings is 1. The first-order valence-electron chi connectivity index (χ1n) is 7.20. The van der Waals surface area contributed by atoms with Crippen LogP contribution >= 0.6 is 0 Å². The molecule has 1 aliphatic rings. The normalized spacial score (nSPS) is 16.9. The maximum Gasteiger partial charge on any atom is 0.258 e. The fourth-order valence-corrected chi connectivity index (χ4v) is 2.91. The molecule has 0 radical (unpaired) electrons. The van der Waals surface area contributed by atoms with Crippen molar-refractivity contribution >= 4 is 22.3 Å². The predicted molar refractivity (Wildman–Crippen MR) is 85.5 cm³/mol. The monoisotopic (exact) mass is 287 g/mol. The van der Waals surface area contributed by atoms with Gasteiger partial charge < -0.3 is 20.9 Å². The first kappa shape index (κ1) is 13.9. The van der Waals surface area contributed by atoms with Crippen molar-refractivity contribution < 1.29 is 0 Å². The number of likely N-dealkylation sites (N-methyl/N-ethyl adjacent to an activating group) is 1. The van der Waals surface area contributed by atoms with Crippen LogP contribution in [0.25, 0.3) is 10.9 Å². The first-order valence-corrected chi connectivity index (χ1v) is 7.20. The minimum atomic E-state index is -0.165. The molecule has 0 bridgehead atoms. The Morgan fingerprint density at radius 1 is 1.43 bits per heavy atom. The zero-order valence-corrected chi connectivity index (χ0v) is 12.4. The molecule has 1 aromatic heterocycles. The van der Waals surface area contributed by atoms with Gasteiger partial charge in [0.1, 0.15) is 0 Å². The van der Waals surface area contributed by atoms with Gasteiger partial charge in [-0.15, -0.1) is 0 Å². The van der Waals surface area contributed by atoms with E-state index in [0.29, 0.717) is 16.6 Å². The van der Waals surface area contributed by atoms with Gasteiger partial charge in [-0.2, -0.15) is 0 Å². The number of aromatic nitrogens is 2. The zero-order chi connectivity index (χ0) is 15.0. The average Bonchev–Trinajstić information content (AvgIpc) is 2.39. The second-order valence-corrected chi connectivity index (χ2v) is 6.01. The van der Waals surface area contributed by atoms with Crippen molar-refractivity contribution in [3.63, 3.8) is 0 Å². The summed E-state index contributed by atoms with van der Waals surface area (Å²) >= 11 is 0. The van der Waals surface area contributed by atoms with E-state index in [9.17, 15) is 4.79 Å². The van der Waals surface area contributed by atoms with Crippen molar-refractivity contribution in [1.29, 1.82) is 0 Å². The van der Waals surface area contributed by atoms with Gasteiger partial charge in [0.25, 0.3) is 5.56 Å². The summed E-state index contributed by atoms with van der Waals surface area (Å²) in [6.45, 7) is 0.846. The molecule has 1 heterocycles. The quantitative estimate of drug-likeness (QED) is 0.740. The zero-order valence-electron chi connectivity index (χ0n) is 12.4. The summed E-state index contributed by atoms with van der Waals surface area (Å²) < 4.78 is 0. The highest BCUT2D eigenvalue weighted by Crippen LogP contribution is 2.36. The summed E-state index contributed by atoms with van der Waals surface area (Å²) in [6.07, 6.45) is 5.07. The van der Waals surface area contributed by atoms with Crippen LogP contribution in [0.2, 0.25) is 0 Å². The average molecular weight is 287 g/mol. The lowest BCUT2D eigenvalue weighted by Crippen LogP contribution is -2.54. The SMILES string of the molecule is CN(C)C1(CNc2cc3nc[nH]c(=O)c3cc2N)CCC1. The molecule has 3 rings (SSSR count). The molecule has 1 aromatic carbocycles. The minimum absolute atomic E-state index is 0.165. The van der Waals surface area contributed by atoms with Crippen LogP contribution < -0.4 is 16.6 Å². The van der Waals surface area contributed by atoms with Crippen molar-refractivity contribution in [3.8, 4) is 0 Å². The summed E-state index contributed by atoms with van der Waals surface area (Å²) in [5.41, 5.74) is 8.19. The predicted octanol–water partition coefficient (Wildman–Crippen LogP) is 1.40. The Morgan fingerprint density at radius 2 is 2.19 bits per heavy atom. The molecule has 6 nitrogen and oxygen atoms in total. The maximum absolute atomic E-state index is 11.7. The molecular weight excluding hydrogens is 266 g/mol. The lowest BCUT2D eigenvalue weighted by Gasteiger charge is -2.47. The molecule has 0 spiro atoms. The van der Waals surface area contributed by atoms with Crippen LogP contribution in [0.4, 0.5) is 11.4 Å². The second-order valence-electron chi connectivity index (χ2n) is 6.01. The van der Waals surface area contributed by atoms with Crippen LogP contribution in [-0.2, 0) is 0 Å². The number of aromatic amines is 1. The minimum Gasteiger partial charge on any atom is -0.397 e. The van der Waals surface area contributed by atoms with Crippen LogP contribution in [0.5, 0.6) is 0 Å². The van der Waals surface area contributed by atoms with Gasteiger partial charge in [0.05, 0.1) is 28.6 Å². The maximum atomic E-state index is 11.7. The van der Waals surface area contributed by atoms with Crippen molar-refractivity contribution in [2.45, 2.75) is 24.8 Å². The standard InChI is InChI=1S/C15H21N5O/c1-20(2)15(4-3-5-15)8-17-13-7-12-10(6-11(13)16)14(21)19-9-18-12/h6-7,9,17H,3-5,8,16H2,1-2H3,(H,18,19,21). The largest absolute Gasteiger partial charge is 0.397 e. The van der Waals surface area contributed by atoms with Gasteiger partial charge in [-0.25, -0.2) is 4.98 Å². The number of fused-ring (bicyclic) bond motifs is 1. The molecule has 112 valence electrons. The van der Waals surface area contributed by atoms with E-state index in [-0.39, 0.29) is 11.1 Å². The van der Waals surface area contributed by atoms with Gasteiger partial charge in [0, 0.05) is 12.1 Å². The van der Waals surface area contributed by atoms with Gasteiger partial charge in [-0.1, -0.05) is 0 Å². The Kier molecular flexibility index (Phi) is 3.33. The van der Waals surface area contributed by atoms with Gasteiger partial charge in [-0.3, -0.25) is 4.79 Å². The third-order valence-electron chi connectivity index (χ3n) is 4.65. The smallest absolute Gasteiger partial charge is 0.258 e. The molecule has 1 aliphatic carbocycles. The summed E-state index contributed by atoms with van der Waals surface area (Å²) in [7, 11) is 4.23. The van der Waals surface area contributed by atoms with Crippen molar-refractivity contribution in [2.75, 3.05) is 31.7 Å². The molecule has 1 saturated carbocycles. The number of hydrogen-bond donors (Lipinski definition) is 3. The number of nitrogens with zero attached hydrogens (tertiary/aromatic N) is 2. The molecule has 2 aromatic rings. The molecular formula is C15H21N5O. The fraction of sp³-hybridized carbons (Fsp3) is 0.467. The van der Waals surface area contributed by atoms with Crippen LogP contribution in [-0.4, -0.2) is 41.0 Å². The summed E-state index contributed by atoms with van der Waals surface area (Å²) in [5, 5.41) is 3.95. The molecule has 0 amide bonds. The van der Waals surface area contributed by atoms with E-state index < -0.39 is 0 Å². The lowest BCUT2D eigenvalue weighted by atomic mass is 9.75. The first-order chi connectivity index (χ1) is 10.0. The number of anilines is 2. The van der Waals surface area contributed by atoms with Gasteiger partial charge in [0.15, 0.2) is 0 Å². The van der Waals surface area contributed by atoms with E-state index in [1.165, 1.54) is 25.6 Å². The highest BCUT2D eigenvalue weighted by molar-refractivity contribution is 5.88. The van der Waals surface area contributed by atoms with Gasteiger partial charge in [-0.05, 0) is 45.5 Å². The number of hydrogen-bond acceptors (Lipinski definition) is 5. The van der Waals surface area contributed by atoms with Crippen molar-refractivity contribution in [2.24, 2.45) is 0 Å². The van der Waals surface area contributed by atoms with Gasteiger partial charge >= 0.3 is 0 Å². The van der Waals surface area contributed by atoms with Crippen LogP contribution in [0, 0.1) is 0 Å². The molecule has 0 saturated heterocycles. The van der Waals surface area contributed by atoms with Crippen molar-refractivity contribution in [1.82, 2.24) is 14.9 Å². The van der Waals surface area contributed by atoms with Crippen LogP contribution in [0.15, 0.2) is 23.3 Å². The molecule has 6 heteroatoms. The van der Waals surface area contributed by atoms with E-state index in [0.717, 1.165) is 12.2 Å². The fourth-order valence-electron chi connectivity index (χ4n) is 2.91. The Bertz CT molecular complexity index is 718. The van der Waals surface area contributed by atoms with Gasteiger partial charge in [0.2, 0.25) is 0 Å². The molecule has 21 heavy (non-hydrogen) atoms. The number of rotatable bonds is 4. The lowest BCUT2D eigenvalue weighted by molar-refractivity contribution is 0.0739. The summed E-state index contributed by atoms with van der Waals surface area (Å²) in [5.74, 6) is 0. The molecule has 0 aliphatic heterocycles. The molecule has 0 atom stereocenters. The Hall–Kier alpha value is -2.08. The number of H-pyrrole nitrogens is 1. The van der Waals surface area contributed by atoms with E-state index in [1.54, 1.807) is 6.07 Å². The highest BCUT2D eigenvalue weighted by atomic mass is 16.1. The van der Waals surface area contributed by atoms with Crippen LogP contribution in [0.1, 0.15) is 19.3 Å². The summed E-state index contributed by atoms with van der Waals surface area (Å²) in [6, 6.07) is 3.54. The molecule has 1 fully saturated rings. The van der Waals surface area contributed by atoms with E-state index in [1.807, 2.05) is 6.07 Å². The Balaban J connectivity index is 1.87. The number of nitrogens with one attached hydrogen (secondary N) is 2. The third-order valence-corrected chi connectivity index (χ3v) is 4.65. The molecule has 4 N–H and O–H groups in total. The van der Waals surface area contributed by atoms with Crippen LogP contribution in [0.3, 0.4) is 0 Å². The van der Waals surface area contributed by atoms with E-state index in [4.69, 9.17) is 5.73 Å². The summed E-state index contributed by atoms with van der Waals surface area (Å²) in [4.78, 5) is 20.8. The highest BCUT2D eigenvalue weighted by Gasteiger charge is 2.38. The Labute approximate surface area is 123 Å². The molecule has 0 unspecified atom stereocenters. The van der Waals surface area contributed by atoms with E-state index >= 15 is 0 Å². The number of nitrogen functional groups attached to an aromatic ring is 1. The van der Waals surface area contributed by atoms with E-state index in [2.05, 4.69) is 34.3 Å². The second kappa shape index (κ2) is 5.04. The van der Waals surface area contributed by atoms with Crippen molar-refractivity contribution in [3.05, 3.63) is 28.8 Å². The topological polar surface area (TPSA) is 87.0 Å². The third kappa shape index (κ3) is 2.35.